The Labute approximate surface area is 149 Å². The van der Waals surface area contributed by atoms with E-state index < -0.39 is 10.0 Å². The van der Waals surface area contributed by atoms with Crippen molar-refractivity contribution in [1.29, 1.82) is 0 Å². The van der Waals surface area contributed by atoms with Gasteiger partial charge in [-0.2, -0.15) is 0 Å². The van der Waals surface area contributed by atoms with Gasteiger partial charge in [-0.25, -0.2) is 13.6 Å². The van der Waals surface area contributed by atoms with Gasteiger partial charge >= 0.3 is 0 Å². The Bertz CT molecular complexity index is 717. The SMILES string of the molecule is CCOc1ccc(CNCCc2ccc(S(N)(=O)=O)cc2)cc1.Cl. The Morgan fingerprint density at radius 3 is 2.12 bits per heavy atom. The molecule has 0 radical (unpaired) electrons. The molecule has 132 valence electrons. The summed E-state index contributed by atoms with van der Waals surface area (Å²) in [7, 11) is -3.61. The zero-order valence-corrected chi connectivity index (χ0v) is 15.2. The lowest BCUT2D eigenvalue weighted by molar-refractivity contribution is 0.340. The number of nitrogens with two attached hydrogens (primary N) is 1. The fraction of sp³-hybridized carbons (Fsp3) is 0.294. The van der Waals surface area contributed by atoms with E-state index in [0.717, 1.165) is 30.8 Å². The fourth-order valence-corrected chi connectivity index (χ4v) is 2.70. The minimum Gasteiger partial charge on any atom is -0.494 e. The monoisotopic (exact) mass is 370 g/mol. The van der Waals surface area contributed by atoms with Gasteiger partial charge in [-0.3, -0.25) is 0 Å². The Kier molecular flexibility index (Phi) is 8.21. The summed E-state index contributed by atoms with van der Waals surface area (Å²) in [5.41, 5.74) is 2.26. The topological polar surface area (TPSA) is 81.4 Å². The minimum absolute atomic E-state index is 0. The molecule has 0 unspecified atom stereocenters. The van der Waals surface area contributed by atoms with Crippen molar-refractivity contribution in [2.75, 3.05) is 13.2 Å². The van der Waals surface area contributed by atoms with E-state index in [4.69, 9.17) is 9.88 Å². The van der Waals surface area contributed by atoms with Crippen LogP contribution in [0.3, 0.4) is 0 Å². The molecule has 2 aromatic carbocycles. The summed E-state index contributed by atoms with van der Waals surface area (Å²) in [5, 5.41) is 8.44. The average molecular weight is 371 g/mol. The first-order valence-corrected chi connectivity index (χ1v) is 9.08. The molecule has 0 saturated carbocycles. The van der Waals surface area contributed by atoms with Crippen molar-refractivity contribution in [2.45, 2.75) is 24.8 Å². The Balaban J connectivity index is 0.00000288. The van der Waals surface area contributed by atoms with Gasteiger partial charge in [-0.15, -0.1) is 12.4 Å². The fourth-order valence-electron chi connectivity index (χ4n) is 2.18. The summed E-state index contributed by atoms with van der Waals surface area (Å²) in [5.74, 6) is 0.881. The summed E-state index contributed by atoms with van der Waals surface area (Å²) in [4.78, 5) is 0.142. The van der Waals surface area contributed by atoms with E-state index in [-0.39, 0.29) is 17.3 Å². The van der Waals surface area contributed by atoms with E-state index in [9.17, 15) is 8.42 Å². The van der Waals surface area contributed by atoms with Crippen LogP contribution in [0.25, 0.3) is 0 Å². The summed E-state index contributed by atoms with van der Waals surface area (Å²) in [6, 6.07) is 14.7. The van der Waals surface area contributed by atoms with Crippen LogP contribution in [0.2, 0.25) is 0 Å². The molecule has 24 heavy (non-hydrogen) atoms. The van der Waals surface area contributed by atoms with Gasteiger partial charge < -0.3 is 10.1 Å². The number of ether oxygens (including phenoxy) is 1. The number of halogens is 1. The maximum Gasteiger partial charge on any atom is 0.238 e. The molecule has 0 aliphatic carbocycles. The smallest absolute Gasteiger partial charge is 0.238 e. The van der Waals surface area contributed by atoms with Crippen molar-refractivity contribution in [3.63, 3.8) is 0 Å². The quantitative estimate of drug-likeness (QED) is 0.699. The van der Waals surface area contributed by atoms with Crippen LogP contribution >= 0.6 is 12.4 Å². The molecule has 0 aromatic heterocycles. The third-order valence-electron chi connectivity index (χ3n) is 3.41. The number of sulfonamides is 1. The van der Waals surface area contributed by atoms with E-state index >= 15 is 0 Å². The average Bonchev–Trinajstić information content (AvgIpc) is 2.53. The molecule has 0 spiro atoms. The second-order valence-electron chi connectivity index (χ2n) is 5.19. The van der Waals surface area contributed by atoms with E-state index in [1.807, 2.05) is 31.2 Å². The van der Waals surface area contributed by atoms with Gasteiger partial charge in [-0.1, -0.05) is 24.3 Å². The summed E-state index contributed by atoms with van der Waals surface area (Å²) < 4.78 is 27.8. The Morgan fingerprint density at radius 1 is 1.00 bits per heavy atom. The predicted octanol–water partition coefficient (Wildman–Crippen LogP) is 2.49. The third-order valence-corrected chi connectivity index (χ3v) is 4.34. The van der Waals surface area contributed by atoms with Crippen LogP contribution in [-0.4, -0.2) is 21.6 Å². The van der Waals surface area contributed by atoms with Crippen molar-refractivity contribution >= 4 is 22.4 Å². The molecule has 2 rings (SSSR count). The Hall–Kier alpha value is -1.60. The molecule has 0 bridgehead atoms. The van der Waals surface area contributed by atoms with Crippen LogP contribution in [0.5, 0.6) is 5.75 Å². The van der Waals surface area contributed by atoms with Crippen LogP contribution in [0, 0.1) is 0 Å². The zero-order valence-electron chi connectivity index (χ0n) is 13.6. The maximum atomic E-state index is 11.2. The van der Waals surface area contributed by atoms with Gasteiger partial charge in [0.2, 0.25) is 10.0 Å². The van der Waals surface area contributed by atoms with Crippen molar-refractivity contribution in [2.24, 2.45) is 5.14 Å². The van der Waals surface area contributed by atoms with Crippen LogP contribution in [0.1, 0.15) is 18.1 Å². The molecule has 0 aliphatic heterocycles. The first kappa shape index (κ1) is 20.4. The second kappa shape index (κ2) is 9.64. The summed E-state index contributed by atoms with van der Waals surface area (Å²) in [6.07, 6.45) is 0.821. The molecule has 0 saturated heterocycles. The van der Waals surface area contributed by atoms with Crippen molar-refractivity contribution in [3.8, 4) is 5.75 Å². The van der Waals surface area contributed by atoms with Gasteiger partial charge in [0.25, 0.3) is 0 Å². The molecule has 5 nitrogen and oxygen atoms in total. The van der Waals surface area contributed by atoms with E-state index in [0.29, 0.717) is 6.61 Å². The number of primary sulfonamides is 1. The van der Waals surface area contributed by atoms with Crippen LogP contribution in [-0.2, 0) is 23.0 Å². The predicted molar refractivity (Wildman–Crippen MR) is 98.1 cm³/mol. The van der Waals surface area contributed by atoms with Gasteiger partial charge in [0.05, 0.1) is 11.5 Å². The van der Waals surface area contributed by atoms with E-state index in [1.54, 1.807) is 12.1 Å². The molecule has 7 heteroatoms. The van der Waals surface area contributed by atoms with Gasteiger partial charge in [-0.05, 0) is 55.3 Å². The molecule has 0 heterocycles. The molecule has 2 aromatic rings. The molecular formula is C17H23ClN2O3S. The molecule has 0 amide bonds. The van der Waals surface area contributed by atoms with E-state index in [1.165, 1.54) is 17.7 Å². The number of benzene rings is 2. The summed E-state index contributed by atoms with van der Waals surface area (Å²) in [6.45, 7) is 4.22. The lowest BCUT2D eigenvalue weighted by Gasteiger charge is -2.07. The highest BCUT2D eigenvalue weighted by atomic mass is 35.5. The number of hydrogen-bond acceptors (Lipinski definition) is 4. The largest absolute Gasteiger partial charge is 0.494 e. The van der Waals surface area contributed by atoms with Crippen molar-refractivity contribution < 1.29 is 13.2 Å². The molecule has 3 N–H and O–H groups in total. The summed E-state index contributed by atoms with van der Waals surface area (Å²) >= 11 is 0. The first-order chi connectivity index (χ1) is 11.0. The van der Waals surface area contributed by atoms with Crippen LogP contribution < -0.4 is 15.2 Å². The highest BCUT2D eigenvalue weighted by Gasteiger charge is 2.06. The highest BCUT2D eigenvalue weighted by molar-refractivity contribution is 7.89. The molecular weight excluding hydrogens is 348 g/mol. The molecule has 0 atom stereocenters. The van der Waals surface area contributed by atoms with E-state index in [2.05, 4.69) is 5.32 Å². The second-order valence-corrected chi connectivity index (χ2v) is 6.75. The van der Waals surface area contributed by atoms with Gasteiger partial charge in [0.1, 0.15) is 5.75 Å². The number of rotatable bonds is 8. The van der Waals surface area contributed by atoms with Crippen molar-refractivity contribution in [1.82, 2.24) is 5.32 Å². The van der Waals surface area contributed by atoms with Gasteiger partial charge in [0.15, 0.2) is 0 Å². The molecule has 0 fully saturated rings. The Morgan fingerprint density at radius 2 is 1.58 bits per heavy atom. The van der Waals surface area contributed by atoms with Crippen molar-refractivity contribution in [3.05, 3.63) is 59.7 Å². The van der Waals surface area contributed by atoms with Crippen LogP contribution in [0.15, 0.2) is 53.4 Å². The lowest BCUT2D eigenvalue weighted by atomic mass is 10.1. The highest BCUT2D eigenvalue weighted by Crippen LogP contribution is 2.12. The maximum absolute atomic E-state index is 11.2. The third kappa shape index (κ3) is 6.49. The zero-order chi connectivity index (χ0) is 16.7. The lowest BCUT2D eigenvalue weighted by Crippen LogP contribution is -2.17. The van der Waals surface area contributed by atoms with Gasteiger partial charge in [0, 0.05) is 6.54 Å². The molecule has 0 aliphatic rings. The minimum atomic E-state index is -3.61. The number of hydrogen-bond donors (Lipinski definition) is 2. The first-order valence-electron chi connectivity index (χ1n) is 7.53. The normalized spacial score (nSPS) is 10.9. The standard InChI is InChI=1S/C17H22N2O3S.ClH/c1-2-22-16-7-3-15(4-8-16)13-19-12-11-14-5-9-17(10-6-14)23(18,20)21;/h3-10,19H,2,11-13H2,1H3,(H2,18,20,21);1H. The van der Waals surface area contributed by atoms with Crippen LogP contribution in [0.4, 0.5) is 0 Å². The number of nitrogens with one attached hydrogen (secondary N) is 1.